The van der Waals surface area contributed by atoms with E-state index in [-0.39, 0.29) is 30.1 Å². The Morgan fingerprint density at radius 1 is 1.15 bits per heavy atom. The van der Waals surface area contributed by atoms with Gasteiger partial charge in [-0.25, -0.2) is 4.79 Å². The van der Waals surface area contributed by atoms with E-state index in [2.05, 4.69) is 41.3 Å². The molecule has 0 aromatic carbocycles. The Hall–Kier alpha value is -0.770. The molecule has 1 rings (SSSR count). The van der Waals surface area contributed by atoms with Gasteiger partial charge < -0.3 is 20.3 Å². The summed E-state index contributed by atoms with van der Waals surface area (Å²) >= 11 is 0. The van der Waals surface area contributed by atoms with Gasteiger partial charge in [-0.2, -0.15) is 0 Å². The number of guanidine groups is 1. The third kappa shape index (κ3) is 9.80. The van der Waals surface area contributed by atoms with Crippen LogP contribution in [0.4, 0.5) is 4.79 Å². The number of hydrogen-bond donors (Lipinski definition) is 2. The van der Waals surface area contributed by atoms with Crippen LogP contribution in [0.1, 0.15) is 41.5 Å². The molecule has 1 unspecified atom stereocenters. The highest BCUT2D eigenvalue weighted by Crippen LogP contribution is 2.11. The molecule has 8 heteroatoms. The monoisotopic (exact) mass is 483 g/mol. The summed E-state index contributed by atoms with van der Waals surface area (Å²) in [4.78, 5) is 20.5. The molecule has 1 heterocycles. The molecular weight excluding hydrogens is 445 g/mol. The zero-order valence-corrected chi connectivity index (χ0v) is 19.8. The van der Waals surface area contributed by atoms with Gasteiger partial charge in [-0.05, 0) is 33.6 Å². The second-order valence-electron chi connectivity index (χ2n) is 7.99. The molecule has 7 nitrogen and oxygen atoms in total. The number of nitrogens with one attached hydrogen (secondary N) is 2. The molecule has 0 spiro atoms. The molecule has 1 saturated heterocycles. The van der Waals surface area contributed by atoms with Crippen LogP contribution in [0.2, 0.25) is 0 Å². The Morgan fingerprint density at radius 3 is 2.19 bits per heavy atom. The number of hydrogen-bond acceptors (Lipinski definition) is 4. The van der Waals surface area contributed by atoms with Crippen molar-refractivity contribution in [2.75, 3.05) is 46.3 Å². The Labute approximate surface area is 176 Å². The van der Waals surface area contributed by atoms with E-state index in [1.54, 1.807) is 11.9 Å². The minimum absolute atomic E-state index is 0. The molecule has 0 radical (unpaired) electrons. The van der Waals surface area contributed by atoms with Crippen LogP contribution in [0.5, 0.6) is 0 Å². The summed E-state index contributed by atoms with van der Waals surface area (Å²) in [5.41, 5.74) is -0.436. The van der Waals surface area contributed by atoms with E-state index in [0.29, 0.717) is 25.0 Å². The smallest absolute Gasteiger partial charge is 0.410 e. The van der Waals surface area contributed by atoms with Gasteiger partial charge in [0.25, 0.3) is 0 Å². The number of ether oxygens (including phenoxy) is 1. The normalized spacial score (nSPS) is 17.5. The largest absolute Gasteiger partial charge is 0.444 e. The molecule has 0 saturated carbocycles. The van der Waals surface area contributed by atoms with Gasteiger partial charge in [-0.3, -0.25) is 9.89 Å². The van der Waals surface area contributed by atoms with Crippen molar-refractivity contribution in [2.24, 2.45) is 10.9 Å². The first kappa shape index (κ1) is 25.2. The highest BCUT2D eigenvalue weighted by Gasteiger charge is 2.25. The second-order valence-corrected chi connectivity index (χ2v) is 7.99. The van der Waals surface area contributed by atoms with Gasteiger partial charge in [0, 0.05) is 52.4 Å². The fourth-order valence-electron chi connectivity index (χ4n) is 2.39. The van der Waals surface area contributed by atoms with Crippen molar-refractivity contribution in [1.82, 2.24) is 20.4 Å². The molecule has 0 bridgehead atoms. The number of carbonyl (C=O) groups is 1. The van der Waals surface area contributed by atoms with Gasteiger partial charge >= 0.3 is 6.09 Å². The molecule has 26 heavy (non-hydrogen) atoms. The number of halogens is 1. The fourth-order valence-corrected chi connectivity index (χ4v) is 2.39. The van der Waals surface area contributed by atoms with Crippen LogP contribution in [0, 0.1) is 5.92 Å². The molecule has 0 aliphatic carbocycles. The Kier molecular flexibility index (Phi) is 11.5. The van der Waals surface area contributed by atoms with E-state index >= 15 is 0 Å². The molecule has 1 amide bonds. The molecular formula is C18H38IN5O2. The standard InChI is InChI=1S/C18H37N5O2.HI/c1-14(2)15(3)21-16(19-7)20-8-9-22-10-12-23(13-11-22)17(24)25-18(4,5)6;/h14-15H,8-13H2,1-7H3,(H2,19,20,21);1H. The van der Waals surface area contributed by atoms with Gasteiger partial charge in [-0.1, -0.05) is 13.8 Å². The van der Waals surface area contributed by atoms with Gasteiger partial charge in [0.15, 0.2) is 5.96 Å². The first-order chi connectivity index (χ1) is 11.6. The maximum absolute atomic E-state index is 12.1. The molecule has 154 valence electrons. The lowest BCUT2D eigenvalue weighted by Crippen LogP contribution is -2.52. The average Bonchev–Trinajstić information content (AvgIpc) is 2.52. The van der Waals surface area contributed by atoms with Gasteiger partial charge in [0.2, 0.25) is 0 Å². The minimum Gasteiger partial charge on any atom is -0.444 e. The highest BCUT2D eigenvalue weighted by molar-refractivity contribution is 14.0. The molecule has 2 N–H and O–H groups in total. The first-order valence-electron chi connectivity index (χ1n) is 9.30. The van der Waals surface area contributed by atoms with E-state index in [1.165, 1.54) is 0 Å². The van der Waals surface area contributed by atoms with Crippen molar-refractivity contribution in [3.8, 4) is 0 Å². The summed E-state index contributed by atoms with van der Waals surface area (Å²) < 4.78 is 5.43. The molecule has 1 fully saturated rings. The van der Waals surface area contributed by atoms with E-state index in [9.17, 15) is 4.79 Å². The lowest BCUT2D eigenvalue weighted by atomic mass is 10.1. The molecule has 0 aromatic heterocycles. The molecule has 0 aromatic rings. The number of carbonyl (C=O) groups excluding carboxylic acids is 1. The van der Waals surface area contributed by atoms with E-state index < -0.39 is 5.60 Å². The Morgan fingerprint density at radius 2 is 1.73 bits per heavy atom. The highest BCUT2D eigenvalue weighted by atomic mass is 127. The lowest BCUT2D eigenvalue weighted by Gasteiger charge is -2.35. The number of rotatable bonds is 5. The first-order valence-corrected chi connectivity index (χ1v) is 9.30. The van der Waals surface area contributed by atoms with Gasteiger partial charge in [0.05, 0.1) is 0 Å². The summed E-state index contributed by atoms with van der Waals surface area (Å²) in [7, 11) is 1.79. The van der Waals surface area contributed by atoms with Gasteiger partial charge in [0.1, 0.15) is 5.60 Å². The van der Waals surface area contributed by atoms with Crippen LogP contribution in [0.3, 0.4) is 0 Å². The predicted molar refractivity (Wildman–Crippen MR) is 118 cm³/mol. The predicted octanol–water partition coefficient (Wildman–Crippen LogP) is 2.37. The van der Waals surface area contributed by atoms with Crippen LogP contribution in [0.15, 0.2) is 4.99 Å². The summed E-state index contributed by atoms with van der Waals surface area (Å²) in [6.07, 6.45) is -0.211. The van der Waals surface area contributed by atoms with Crippen molar-refractivity contribution in [1.29, 1.82) is 0 Å². The maximum Gasteiger partial charge on any atom is 0.410 e. The van der Waals surface area contributed by atoms with Crippen molar-refractivity contribution in [3.63, 3.8) is 0 Å². The van der Waals surface area contributed by atoms with Crippen molar-refractivity contribution < 1.29 is 9.53 Å². The number of piperazine rings is 1. The molecule has 1 aliphatic rings. The van der Waals surface area contributed by atoms with Crippen LogP contribution in [0.25, 0.3) is 0 Å². The van der Waals surface area contributed by atoms with E-state index in [4.69, 9.17) is 4.74 Å². The Bertz CT molecular complexity index is 443. The lowest BCUT2D eigenvalue weighted by molar-refractivity contribution is 0.0147. The third-order valence-electron chi connectivity index (χ3n) is 4.33. The summed E-state index contributed by atoms with van der Waals surface area (Å²) in [6, 6.07) is 0.378. The molecule has 1 atom stereocenters. The summed E-state index contributed by atoms with van der Waals surface area (Å²) in [5, 5.41) is 6.76. The molecule has 1 aliphatic heterocycles. The fraction of sp³-hybridized carbons (Fsp3) is 0.889. The topological polar surface area (TPSA) is 69.2 Å². The third-order valence-corrected chi connectivity index (χ3v) is 4.33. The van der Waals surface area contributed by atoms with Crippen LogP contribution >= 0.6 is 24.0 Å². The Balaban J connectivity index is 0.00000625. The number of aliphatic imine (C=N–C) groups is 1. The summed E-state index contributed by atoms with van der Waals surface area (Å²) in [6.45, 7) is 17.2. The van der Waals surface area contributed by atoms with Crippen molar-refractivity contribution in [2.45, 2.75) is 53.2 Å². The van der Waals surface area contributed by atoms with Crippen LogP contribution in [-0.2, 0) is 4.74 Å². The van der Waals surface area contributed by atoms with Crippen LogP contribution < -0.4 is 10.6 Å². The van der Waals surface area contributed by atoms with Gasteiger partial charge in [-0.15, -0.1) is 24.0 Å². The number of amides is 1. The minimum atomic E-state index is -0.436. The average molecular weight is 483 g/mol. The number of nitrogens with zero attached hydrogens (tertiary/aromatic N) is 3. The summed E-state index contributed by atoms with van der Waals surface area (Å²) in [5.74, 6) is 1.40. The van der Waals surface area contributed by atoms with Crippen molar-refractivity contribution >= 4 is 36.0 Å². The van der Waals surface area contributed by atoms with E-state index in [0.717, 1.165) is 32.1 Å². The maximum atomic E-state index is 12.1. The van der Waals surface area contributed by atoms with E-state index in [1.807, 2.05) is 20.8 Å². The SMILES string of the molecule is CN=C(NCCN1CCN(C(=O)OC(C)(C)C)CC1)NC(C)C(C)C.I. The zero-order chi connectivity index (χ0) is 19.0. The van der Waals surface area contributed by atoms with Crippen LogP contribution in [-0.4, -0.2) is 79.8 Å². The van der Waals surface area contributed by atoms with Crippen molar-refractivity contribution in [3.05, 3.63) is 0 Å². The zero-order valence-electron chi connectivity index (χ0n) is 17.5. The quantitative estimate of drug-likeness (QED) is 0.357. The second kappa shape index (κ2) is 11.8.